The van der Waals surface area contributed by atoms with E-state index in [4.69, 9.17) is 23.5 Å². The van der Waals surface area contributed by atoms with Crippen molar-refractivity contribution in [2.75, 3.05) is 11.9 Å². The van der Waals surface area contributed by atoms with E-state index in [1.807, 2.05) is 76.2 Å². The summed E-state index contributed by atoms with van der Waals surface area (Å²) in [7, 11) is -3.53. The van der Waals surface area contributed by atoms with Gasteiger partial charge in [0.15, 0.2) is 11.6 Å². The van der Waals surface area contributed by atoms with E-state index in [-0.39, 0.29) is 0 Å². The maximum absolute atomic E-state index is 15.0. The monoisotopic (exact) mass is 509 g/mol. The standard InChI is InChI=1S/C28H32NO6P/c1-27(2)31-17-22(32-27)23-24-25(34-28(3,4)33-24)26(36(30,35-23)21-12-6-5-7-13-21)29-20-15-14-18-10-8-9-11-19(18)16-20/h5-16,22-26,29H,17H2,1-4H3/t22-,23+,24+,25+,26+,36?/m1/s1. The smallest absolute Gasteiger partial charge is 0.256 e. The second-order valence-corrected chi connectivity index (χ2v) is 13.1. The number of ether oxygens (including phenoxy) is 4. The molecule has 1 N–H and O–H groups in total. The van der Waals surface area contributed by atoms with Crippen molar-refractivity contribution >= 4 is 29.1 Å². The van der Waals surface area contributed by atoms with Crippen LogP contribution in [-0.2, 0) is 28.0 Å². The normalized spacial score (nSPS) is 34.9. The topological polar surface area (TPSA) is 75.2 Å². The van der Waals surface area contributed by atoms with Gasteiger partial charge in [0.2, 0.25) is 0 Å². The lowest BCUT2D eigenvalue weighted by molar-refractivity contribution is -0.174. The molecule has 3 aromatic carbocycles. The maximum Gasteiger partial charge on any atom is 0.256 e. The van der Waals surface area contributed by atoms with Crippen LogP contribution >= 0.6 is 7.37 Å². The molecule has 0 amide bonds. The average Bonchev–Trinajstić information content (AvgIpc) is 3.39. The van der Waals surface area contributed by atoms with Crippen molar-refractivity contribution in [3.8, 4) is 0 Å². The summed E-state index contributed by atoms with van der Waals surface area (Å²) in [5.41, 5.74) is 0.838. The Balaban J connectivity index is 1.43. The molecule has 3 saturated heterocycles. The van der Waals surface area contributed by atoms with E-state index in [1.165, 1.54) is 0 Å². The molecule has 1 unspecified atom stereocenters. The van der Waals surface area contributed by atoms with Crippen molar-refractivity contribution in [2.24, 2.45) is 0 Å². The van der Waals surface area contributed by atoms with Gasteiger partial charge in [0.05, 0.1) is 6.61 Å². The molecule has 190 valence electrons. The highest BCUT2D eigenvalue weighted by Gasteiger charge is 2.62. The van der Waals surface area contributed by atoms with Crippen LogP contribution in [0.2, 0.25) is 0 Å². The largest absolute Gasteiger partial charge is 0.371 e. The highest BCUT2D eigenvalue weighted by molar-refractivity contribution is 7.68. The van der Waals surface area contributed by atoms with Crippen LogP contribution in [0, 0.1) is 0 Å². The first-order valence-electron chi connectivity index (χ1n) is 12.4. The van der Waals surface area contributed by atoms with Crippen LogP contribution in [0.3, 0.4) is 0 Å². The highest BCUT2D eigenvalue weighted by atomic mass is 31.2. The molecule has 0 aliphatic carbocycles. The minimum Gasteiger partial charge on any atom is -0.371 e. The minimum absolute atomic E-state index is 0.322. The minimum atomic E-state index is -3.53. The molecular formula is C28H32NO6P. The first kappa shape index (κ1) is 24.1. The van der Waals surface area contributed by atoms with E-state index in [9.17, 15) is 4.57 Å². The first-order chi connectivity index (χ1) is 17.1. The molecule has 36 heavy (non-hydrogen) atoms. The highest BCUT2D eigenvalue weighted by Crippen LogP contribution is 2.61. The van der Waals surface area contributed by atoms with E-state index in [0.717, 1.165) is 16.5 Å². The number of benzene rings is 3. The molecule has 3 aliphatic heterocycles. The summed E-state index contributed by atoms with van der Waals surface area (Å²) in [6, 6.07) is 23.6. The SMILES string of the molecule is CC1(C)O[C@H]2[C@H]([C@H]3COC(C)(C)O3)OP(=O)(c3ccccc3)[C@H](Nc3ccc4ccccc4c3)[C@H]2O1. The third kappa shape index (κ3) is 4.28. The lowest BCUT2D eigenvalue weighted by atomic mass is 10.0. The van der Waals surface area contributed by atoms with Gasteiger partial charge in [-0.15, -0.1) is 0 Å². The zero-order valence-corrected chi connectivity index (χ0v) is 21.8. The molecular weight excluding hydrogens is 477 g/mol. The molecule has 6 atom stereocenters. The number of nitrogens with one attached hydrogen (secondary N) is 1. The number of hydrogen-bond donors (Lipinski definition) is 1. The summed E-state index contributed by atoms with van der Waals surface area (Å²) < 4.78 is 46.4. The zero-order chi connectivity index (χ0) is 25.1. The molecule has 6 rings (SSSR count). The Kier molecular flexibility index (Phi) is 5.80. The lowest BCUT2D eigenvalue weighted by Crippen LogP contribution is -2.57. The Hall–Kier alpha value is -2.25. The van der Waals surface area contributed by atoms with Crippen LogP contribution in [0.4, 0.5) is 5.69 Å². The summed E-state index contributed by atoms with van der Waals surface area (Å²) in [4.78, 5) is 0. The van der Waals surface area contributed by atoms with Gasteiger partial charge in [-0.05, 0) is 62.7 Å². The van der Waals surface area contributed by atoms with Gasteiger partial charge in [-0.3, -0.25) is 4.57 Å². The van der Waals surface area contributed by atoms with E-state index >= 15 is 0 Å². The number of hydrogen-bond acceptors (Lipinski definition) is 7. The fourth-order valence-electron chi connectivity index (χ4n) is 5.45. The molecule has 0 aromatic heterocycles. The van der Waals surface area contributed by atoms with Gasteiger partial charge in [0.1, 0.15) is 30.2 Å². The van der Waals surface area contributed by atoms with Crippen molar-refractivity contribution in [1.82, 2.24) is 0 Å². The van der Waals surface area contributed by atoms with Crippen LogP contribution in [0.15, 0.2) is 72.8 Å². The van der Waals surface area contributed by atoms with E-state index < -0.39 is 49.1 Å². The van der Waals surface area contributed by atoms with E-state index in [2.05, 4.69) is 29.6 Å². The van der Waals surface area contributed by atoms with Crippen LogP contribution < -0.4 is 10.6 Å². The van der Waals surface area contributed by atoms with E-state index in [0.29, 0.717) is 11.9 Å². The number of anilines is 1. The molecule has 3 heterocycles. The Morgan fingerprint density at radius 3 is 2.19 bits per heavy atom. The van der Waals surface area contributed by atoms with Gasteiger partial charge in [-0.2, -0.15) is 0 Å². The van der Waals surface area contributed by atoms with Crippen molar-refractivity contribution in [3.63, 3.8) is 0 Å². The summed E-state index contributed by atoms with van der Waals surface area (Å²) >= 11 is 0. The van der Waals surface area contributed by atoms with Gasteiger partial charge < -0.3 is 28.8 Å². The Morgan fingerprint density at radius 1 is 0.778 bits per heavy atom. The zero-order valence-electron chi connectivity index (χ0n) is 20.9. The second-order valence-electron chi connectivity index (χ2n) is 10.6. The van der Waals surface area contributed by atoms with Crippen LogP contribution in [0.1, 0.15) is 27.7 Å². The van der Waals surface area contributed by atoms with Crippen LogP contribution in [0.5, 0.6) is 0 Å². The molecule has 0 spiro atoms. The Morgan fingerprint density at radius 2 is 1.47 bits per heavy atom. The van der Waals surface area contributed by atoms with Gasteiger partial charge in [-0.1, -0.05) is 48.5 Å². The first-order valence-corrected chi connectivity index (χ1v) is 14.1. The summed E-state index contributed by atoms with van der Waals surface area (Å²) in [5, 5.41) is 6.38. The fourth-order valence-corrected chi connectivity index (χ4v) is 8.16. The molecule has 3 aliphatic rings. The molecule has 0 bridgehead atoms. The maximum atomic E-state index is 15.0. The number of fused-ring (bicyclic) bond motifs is 2. The third-order valence-electron chi connectivity index (χ3n) is 7.02. The third-order valence-corrected chi connectivity index (χ3v) is 9.75. The number of rotatable bonds is 4. The van der Waals surface area contributed by atoms with E-state index in [1.54, 1.807) is 0 Å². The fraction of sp³-hybridized carbons (Fsp3) is 0.429. The summed E-state index contributed by atoms with van der Waals surface area (Å²) in [6.07, 6.45) is -2.10. The average molecular weight is 510 g/mol. The van der Waals surface area contributed by atoms with Crippen LogP contribution in [-0.4, -0.2) is 48.4 Å². The lowest BCUT2D eigenvalue weighted by Gasteiger charge is -2.44. The van der Waals surface area contributed by atoms with Crippen molar-refractivity contribution in [3.05, 3.63) is 72.8 Å². The molecule has 3 aromatic rings. The molecule has 0 saturated carbocycles. The summed E-state index contributed by atoms with van der Waals surface area (Å²) in [5.74, 6) is -2.30. The van der Waals surface area contributed by atoms with Gasteiger partial charge in [0, 0.05) is 11.0 Å². The van der Waals surface area contributed by atoms with Crippen molar-refractivity contribution < 1.29 is 28.0 Å². The second kappa shape index (κ2) is 8.66. The Labute approximate surface area is 211 Å². The molecule has 7 nitrogen and oxygen atoms in total. The van der Waals surface area contributed by atoms with Gasteiger partial charge in [-0.25, -0.2) is 0 Å². The van der Waals surface area contributed by atoms with Gasteiger partial charge in [0.25, 0.3) is 7.37 Å². The molecule has 8 heteroatoms. The Bertz CT molecular complexity index is 1310. The molecule has 3 fully saturated rings. The predicted octanol–water partition coefficient (Wildman–Crippen LogP) is 5.25. The van der Waals surface area contributed by atoms with Crippen LogP contribution in [0.25, 0.3) is 10.8 Å². The predicted molar refractivity (Wildman–Crippen MR) is 139 cm³/mol. The van der Waals surface area contributed by atoms with Gasteiger partial charge >= 0.3 is 0 Å². The quantitative estimate of drug-likeness (QED) is 0.482. The van der Waals surface area contributed by atoms with Crippen molar-refractivity contribution in [2.45, 2.75) is 69.5 Å². The molecule has 0 radical (unpaired) electrons. The van der Waals surface area contributed by atoms with Crippen molar-refractivity contribution in [1.29, 1.82) is 0 Å². The summed E-state index contributed by atoms with van der Waals surface area (Å²) in [6.45, 7) is 7.80.